The second-order valence-corrected chi connectivity index (χ2v) is 5.43. The maximum absolute atomic E-state index is 9.33. The van der Waals surface area contributed by atoms with Crippen LogP contribution in [0, 0.1) is 29.1 Å². The van der Waals surface area contributed by atoms with Crippen LogP contribution in [0.15, 0.2) is 10.2 Å². The lowest BCUT2D eigenvalue weighted by Crippen LogP contribution is -2.31. The van der Waals surface area contributed by atoms with Gasteiger partial charge in [-0.05, 0) is 38.5 Å². The Balaban J connectivity index is 2.12. The third-order valence-electron chi connectivity index (χ3n) is 4.01. The van der Waals surface area contributed by atoms with Crippen LogP contribution < -0.4 is 0 Å². The quantitative estimate of drug-likeness (QED) is 0.547. The zero-order chi connectivity index (χ0) is 12.9. The molecular formula is C14H19N4+. The van der Waals surface area contributed by atoms with Crippen molar-refractivity contribution in [2.75, 3.05) is 0 Å². The van der Waals surface area contributed by atoms with Crippen LogP contribution >= 0.6 is 0 Å². The first-order valence-electron chi connectivity index (χ1n) is 6.83. The Hall–Kier alpha value is -1.55. The molecule has 2 saturated carbocycles. The molecule has 0 N–H and O–H groups in total. The molecule has 0 aromatic heterocycles. The van der Waals surface area contributed by atoms with Gasteiger partial charge < -0.3 is 0 Å². The molecule has 2 fully saturated rings. The highest BCUT2D eigenvalue weighted by Gasteiger charge is 2.39. The van der Waals surface area contributed by atoms with Crippen LogP contribution in [-0.2, 0) is 0 Å². The summed E-state index contributed by atoms with van der Waals surface area (Å²) in [6.07, 6.45) is 10.4. The van der Waals surface area contributed by atoms with Gasteiger partial charge in [-0.1, -0.05) is 6.42 Å². The van der Waals surface area contributed by atoms with E-state index in [0.29, 0.717) is 6.42 Å². The zero-order valence-corrected chi connectivity index (χ0v) is 10.7. The molecule has 0 radical (unpaired) electrons. The first-order valence-corrected chi connectivity index (χ1v) is 6.83. The van der Waals surface area contributed by atoms with E-state index in [-0.39, 0.29) is 0 Å². The SMILES string of the molecule is N#CC1(N=NC2(C#N)CCCCC2)C[CH+]CCC1. The normalized spacial score (nSPS) is 31.2. The third-order valence-corrected chi connectivity index (χ3v) is 4.01. The van der Waals surface area contributed by atoms with Crippen molar-refractivity contribution >= 4 is 0 Å². The van der Waals surface area contributed by atoms with E-state index >= 15 is 0 Å². The summed E-state index contributed by atoms with van der Waals surface area (Å²) in [5.74, 6) is 0. The first kappa shape index (κ1) is 12.9. The number of nitrogens with zero attached hydrogens (tertiary/aromatic N) is 4. The van der Waals surface area contributed by atoms with E-state index in [1.165, 1.54) is 6.42 Å². The largest absolute Gasteiger partial charge is 0.207 e. The molecule has 0 spiro atoms. The van der Waals surface area contributed by atoms with E-state index in [1.54, 1.807) is 0 Å². The predicted molar refractivity (Wildman–Crippen MR) is 67.4 cm³/mol. The molecule has 0 aliphatic heterocycles. The molecular weight excluding hydrogens is 224 g/mol. The Morgan fingerprint density at radius 1 is 0.833 bits per heavy atom. The van der Waals surface area contributed by atoms with E-state index in [0.717, 1.165) is 44.9 Å². The fourth-order valence-electron chi connectivity index (χ4n) is 2.76. The molecule has 18 heavy (non-hydrogen) atoms. The van der Waals surface area contributed by atoms with Crippen LogP contribution in [0.5, 0.6) is 0 Å². The van der Waals surface area contributed by atoms with Crippen molar-refractivity contribution in [2.45, 2.75) is 68.9 Å². The van der Waals surface area contributed by atoms with Gasteiger partial charge in [0.1, 0.15) is 6.42 Å². The van der Waals surface area contributed by atoms with Crippen LogP contribution in [0.4, 0.5) is 0 Å². The van der Waals surface area contributed by atoms with Crippen molar-refractivity contribution in [3.05, 3.63) is 6.42 Å². The maximum Gasteiger partial charge on any atom is 0.207 e. The molecule has 0 aromatic carbocycles. The van der Waals surface area contributed by atoms with Gasteiger partial charge in [-0.3, -0.25) is 0 Å². The van der Waals surface area contributed by atoms with Gasteiger partial charge in [0.25, 0.3) is 0 Å². The smallest absolute Gasteiger partial charge is 0.196 e. The minimum absolute atomic E-state index is 0.653. The lowest BCUT2D eigenvalue weighted by Gasteiger charge is -2.27. The van der Waals surface area contributed by atoms with Crippen LogP contribution in [0.1, 0.15) is 57.8 Å². The summed E-state index contributed by atoms with van der Waals surface area (Å²) in [7, 11) is 0. The summed E-state index contributed by atoms with van der Waals surface area (Å²) in [6, 6.07) is 4.62. The average molecular weight is 243 g/mol. The molecule has 0 aromatic rings. The summed E-state index contributed by atoms with van der Waals surface area (Å²) in [5, 5.41) is 27.3. The van der Waals surface area contributed by atoms with Gasteiger partial charge in [0.15, 0.2) is 5.54 Å². The van der Waals surface area contributed by atoms with E-state index in [4.69, 9.17) is 0 Å². The molecule has 2 aliphatic rings. The third kappa shape index (κ3) is 2.64. The lowest BCUT2D eigenvalue weighted by molar-refractivity contribution is 0.327. The highest BCUT2D eigenvalue weighted by Crippen LogP contribution is 2.35. The maximum atomic E-state index is 9.33. The summed E-state index contributed by atoms with van der Waals surface area (Å²) >= 11 is 0. The molecule has 0 saturated heterocycles. The number of azo groups is 1. The van der Waals surface area contributed by atoms with Gasteiger partial charge in [0.05, 0.1) is 25.0 Å². The summed E-state index contributed by atoms with van der Waals surface area (Å²) in [5.41, 5.74) is -1.35. The van der Waals surface area contributed by atoms with Gasteiger partial charge in [-0.2, -0.15) is 20.8 Å². The molecule has 2 rings (SSSR count). The summed E-state index contributed by atoms with van der Waals surface area (Å²) < 4.78 is 0. The molecule has 4 nitrogen and oxygen atoms in total. The number of hydrogen-bond acceptors (Lipinski definition) is 4. The predicted octanol–water partition coefficient (Wildman–Crippen LogP) is 3.71. The molecule has 1 unspecified atom stereocenters. The van der Waals surface area contributed by atoms with E-state index in [1.807, 2.05) is 0 Å². The highest BCUT2D eigenvalue weighted by molar-refractivity contribution is 5.13. The van der Waals surface area contributed by atoms with Crippen LogP contribution in [0.3, 0.4) is 0 Å². The molecule has 0 bridgehead atoms. The van der Waals surface area contributed by atoms with Crippen molar-refractivity contribution in [3.63, 3.8) is 0 Å². The second kappa shape index (κ2) is 5.40. The Labute approximate surface area is 109 Å². The van der Waals surface area contributed by atoms with Crippen LogP contribution in [-0.4, -0.2) is 11.1 Å². The minimum Gasteiger partial charge on any atom is -0.196 e. The summed E-state index contributed by atoms with van der Waals surface area (Å²) in [4.78, 5) is 0. The van der Waals surface area contributed by atoms with Crippen molar-refractivity contribution in [1.29, 1.82) is 10.5 Å². The number of nitriles is 2. The van der Waals surface area contributed by atoms with Gasteiger partial charge in [0, 0.05) is 0 Å². The van der Waals surface area contributed by atoms with Crippen molar-refractivity contribution < 1.29 is 0 Å². The van der Waals surface area contributed by atoms with E-state index < -0.39 is 11.1 Å². The number of hydrogen-bond donors (Lipinski definition) is 0. The van der Waals surface area contributed by atoms with Crippen molar-refractivity contribution in [1.82, 2.24) is 0 Å². The molecule has 4 heteroatoms. The standard InChI is InChI=1S/C14H19N4/c15-11-13(7-3-1-4-8-13)17-18-14(12-16)9-5-2-6-10-14/h3H,1-2,4-10H2/q+1. The minimum atomic E-state index is -0.695. The average Bonchev–Trinajstić information content (AvgIpc) is 2.47. The van der Waals surface area contributed by atoms with Gasteiger partial charge in [0.2, 0.25) is 5.54 Å². The Morgan fingerprint density at radius 2 is 1.44 bits per heavy atom. The molecule has 0 heterocycles. The van der Waals surface area contributed by atoms with Gasteiger partial charge >= 0.3 is 0 Å². The van der Waals surface area contributed by atoms with Crippen molar-refractivity contribution in [3.8, 4) is 12.1 Å². The second-order valence-electron chi connectivity index (χ2n) is 5.43. The lowest BCUT2D eigenvalue weighted by atomic mass is 9.82. The van der Waals surface area contributed by atoms with Crippen molar-refractivity contribution in [2.24, 2.45) is 10.2 Å². The first-order chi connectivity index (χ1) is 8.74. The van der Waals surface area contributed by atoms with Gasteiger partial charge in [-0.15, -0.1) is 0 Å². The fraction of sp³-hybridized carbons (Fsp3) is 0.786. The monoisotopic (exact) mass is 243 g/mol. The molecule has 1 atom stereocenters. The topological polar surface area (TPSA) is 72.3 Å². The van der Waals surface area contributed by atoms with E-state index in [9.17, 15) is 10.5 Å². The fourth-order valence-corrected chi connectivity index (χ4v) is 2.76. The molecule has 0 amide bonds. The highest BCUT2D eigenvalue weighted by atomic mass is 15.2. The molecule has 2 aliphatic carbocycles. The van der Waals surface area contributed by atoms with Crippen LogP contribution in [0.25, 0.3) is 0 Å². The summed E-state index contributed by atoms with van der Waals surface area (Å²) in [6.45, 7) is 0. The Bertz CT molecular complexity index is 349. The number of rotatable bonds is 2. The molecule has 94 valence electrons. The van der Waals surface area contributed by atoms with Crippen LogP contribution in [0.2, 0.25) is 0 Å². The Morgan fingerprint density at radius 3 is 2.00 bits per heavy atom. The zero-order valence-electron chi connectivity index (χ0n) is 10.7. The van der Waals surface area contributed by atoms with E-state index in [2.05, 4.69) is 28.8 Å². The van der Waals surface area contributed by atoms with Gasteiger partial charge in [-0.25, -0.2) is 0 Å². The Kier molecular flexibility index (Phi) is 3.87.